The maximum absolute atomic E-state index is 13.0. The number of nitrogens with two attached hydrogens (primary N) is 1. The number of hydrogen-bond acceptors (Lipinski definition) is 6. The molecule has 0 bridgehead atoms. The van der Waals surface area contributed by atoms with Crippen LogP contribution in [0.5, 0.6) is 0 Å². The van der Waals surface area contributed by atoms with Crippen molar-refractivity contribution in [1.29, 1.82) is 5.41 Å². The zero-order chi connectivity index (χ0) is 26.3. The SMILES string of the molecule is CS(=O)(=O)O.N=C(N)c1ccc(NC(=O)c2cc(C(=O)O)ccc2-c2ccccc2C(=O)O)cc1. The standard InChI is InChI=1S/C22H17N3O5.CH4O3S/c23-19(24)12-5-8-14(9-6-12)25-20(26)18-11-13(21(27)28)7-10-16(18)15-3-1-2-4-17(15)22(29)30;1-5(2,3)4/h1-11H,(H3,23,24)(H,25,26)(H,27,28)(H,29,30);1H3,(H,2,3,4). The van der Waals surface area contributed by atoms with Crippen LogP contribution in [0.4, 0.5) is 5.69 Å². The Hall–Kier alpha value is -4.55. The molecule has 0 aliphatic heterocycles. The summed E-state index contributed by atoms with van der Waals surface area (Å²) >= 11 is 0. The van der Waals surface area contributed by atoms with Crippen LogP contribution in [0.2, 0.25) is 0 Å². The zero-order valence-electron chi connectivity index (χ0n) is 18.2. The van der Waals surface area contributed by atoms with Crippen LogP contribution < -0.4 is 11.1 Å². The molecule has 0 fully saturated rings. The molecule has 0 heterocycles. The minimum Gasteiger partial charge on any atom is -0.478 e. The summed E-state index contributed by atoms with van der Waals surface area (Å²) < 4.78 is 25.9. The second kappa shape index (κ2) is 11.0. The third-order valence-corrected chi connectivity index (χ3v) is 4.41. The van der Waals surface area contributed by atoms with Gasteiger partial charge in [-0.3, -0.25) is 14.8 Å². The highest BCUT2D eigenvalue weighted by Crippen LogP contribution is 2.29. The molecule has 7 N–H and O–H groups in total. The van der Waals surface area contributed by atoms with Gasteiger partial charge in [0, 0.05) is 16.8 Å². The summed E-state index contributed by atoms with van der Waals surface area (Å²) in [7, 11) is -3.67. The van der Waals surface area contributed by atoms with Crippen molar-refractivity contribution in [2.75, 3.05) is 11.6 Å². The molecule has 0 unspecified atom stereocenters. The van der Waals surface area contributed by atoms with E-state index < -0.39 is 28.0 Å². The summed E-state index contributed by atoms with van der Waals surface area (Å²) in [5, 5.41) is 28.9. The van der Waals surface area contributed by atoms with Crippen molar-refractivity contribution in [3.63, 3.8) is 0 Å². The molecule has 11 nitrogen and oxygen atoms in total. The lowest BCUT2D eigenvalue weighted by Crippen LogP contribution is -2.15. The van der Waals surface area contributed by atoms with Crippen molar-refractivity contribution in [2.24, 2.45) is 5.73 Å². The first kappa shape index (κ1) is 26.7. The van der Waals surface area contributed by atoms with E-state index in [0.29, 0.717) is 23.1 Å². The molecule has 0 saturated carbocycles. The van der Waals surface area contributed by atoms with E-state index >= 15 is 0 Å². The Labute approximate surface area is 200 Å². The summed E-state index contributed by atoms with van der Waals surface area (Å²) in [5.41, 5.74) is 6.78. The Kier molecular flexibility index (Phi) is 8.43. The van der Waals surface area contributed by atoms with Gasteiger partial charge in [0.25, 0.3) is 16.0 Å². The number of nitrogen functional groups attached to an aromatic ring is 1. The highest BCUT2D eigenvalue weighted by molar-refractivity contribution is 7.85. The van der Waals surface area contributed by atoms with E-state index in [1.54, 1.807) is 42.5 Å². The number of hydrogen-bond donors (Lipinski definition) is 6. The molecule has 0 spiro atoms. The van der Waals surface area contributed by atoms with Gasteiger partial charge in [0.2, 0.25) is 0 Å². The van der Waals surface area contributed by atoms with Gasteiger partial charge in [-0.05, 0) is 53.6 Å². The van der Waals surface area contributed by atoms with E-state index in [4.69, 9.17) is 15.7 Å². The molecule has 3 aromatic carbocycles. The van der Waals surface area contributed by atoms with Crippen LogP contribution in [0.15, 0.2) is 66.7 Å². The lowest BCUT2D eigenvalue weighted by molar-refractivity contribution is 0.0686. The largest absolute Gasteiger partial charge is 0.478 e. The molecule has 35 heavy (non-hydrogen) atoms. The van der Waals surface area contributed by atoms with E-state index in [1.165, 1.54) is 24.3 Å². The molecular weight excluding hydrogens is 478 g/mol. The van der Waals surface area contributed by atoms with Gasteiger partial charge in [0.05, 0.1) is 17.4 Å². The average molecular weight is 500 g/mol. The van der Waals surface area contributed by atoms with Gasteiger partial charge in [0.15, 0.2) is 0 Å². The van der Waals surface area contributed by atoms with Gasteiger partial charge < -0.3 is 21.3 Å². The topological polar surface area (TPSA) is 208 Å². The lowest BCUT2D eigenvalue weighted by atomic mass is 9.93. The van der Waals surface area contributed by atoms with Gasteiger partial charge in [-0.15, -0.1) is 0 Å². The molecule has 3 rings (SSSR count). The molecule has 3 aromatic rings. The van der Waals surface area contributed by atoms with Crippen molar-refractivity contribution in [1.82, 2.24) is 0 Å². The van der Waals surface area contributed by atoms with E-state index in [2.05, 4.69) is 5.32 Å². The van der Waals surface area contributed by atoms with Gasteiger partial charge in [-0.1, -0.05) is 24.3 Å². The first-order valence-corrected chi connectivity index (χ1v) is 11.5. The van der Waals surface area contributed by atoms with E-state index in [9.17, 15) is 33.0 Å². The summed E-state index contributed by atoms with van der Waals surface area (Å²) in [4.78, 5) is 36.0. The summed E-state index contributed by atoms with van der Waals surface area (Å²) in [6, 6.07) is 16.3. The van der Waals surface area contributed by atoms with Crippen LogP contribution in [0, 0.1) is 5.41 Å². The number of carbonyl (C=O) groups is 3. The Morgan fingerprint density at radius 1 is 0.829 bits per heavy atom. The number of carboxylic acids is 2. The number of nitrogens with one attached hydrogen (secondary N) is 2. The Balaban J connectivity index is 0.000000784. The predicted octanol–water partition coefficient (Wildman–Crippen LogP) is 2.79. The lowest BCUT2D eigenvalue weighted by Gasteiger charge is -2.13. The quantitative estimate of drug-likeness (QED) is 0.167. The van der Waals surface area contributed by atoms with Crippen molar-refractivity contribution in [3.8, 4) is 11.1 Å². The van der Waals surface area contributed by atoms with Crippen molar-refractivity contribution < 1.29 is 37.6 Å². The fourth-order valence-electron chi connectivity index (χ4n) is 2.94. The third-order valence-electron chi connectivity index (χ3n) is 4.41. The van der Waals surface area contributed by atoms with Crippen LogP contribution >= 0.6 is 0 Å². The van der Waals surface area contributed by atoms with E-state index in [0.717, 1.165) is 0 Å². The predicted molar refractivity (Wildman–Crippen MR) is 129 cm³/mol. The van der Waals surface area contributed by atoms with Crippen LogP contribution in [0.25, 0.3) is 11.1 Å². The van der Waals surface area contributed by atoms with Gasteiger partial charge in [-0.25, -0.2) is 9.59 Å². The van der Waals surface area contributed by atoms with Crippen LogP contribution in [0.1, 0.15) is 36.6 Å². The molecule has 0 radical (unpaired) electrons. The summed E-state index contributed by atoms with van der Waals surface area (Å²) in [5.74, 6) is -3.11. The zero-order valence-corrected chi connectivity index (χ0v) is 19.0. The number of amidine groups is 1. The molecule has 182 valence electrons. The monoisotopic (exact) mass is 499 g/mol. The second-order valence-electron chi connectivity index (χ2n) is 7.09. The molecule has 0 aromatic heterocycles. The first-order chi connectivity index (χ1) is 16.3. The molecule has 0 atom stereocenters. The van der Waals surface area contributed by atoms with Crippen molar-refractivity contribution in [3.05, 3.63) is 89.0 Å². The second-order valence-corrected chi connectivity index (χ2v) is 8.56. The molecule has 1 amide bonds. The maximum Gasteiger partial charge on any atom is 0.336 e. The minimum absolute atomic E-state index is 0.0132. The molecule has 0 aliphatic rings. The van der Waals surface area contributed by atoms with Crippen LogP contribution in [-0.4, -0.2) is 53.1 Å². The number of aromatic carboxylic acids is 2. The summed E-state index contributed by atoms with van der Waals surface area (Å²) in [6.07, 6.45) is 0.715. The van der Waals surface area contributed by atoms with Crippen LogP contribution in [0.3, 0.4) is 0 Å². The Morgan fingerprint density at radius 2 is 1.34 bits per heavy atom. The fourth-order valence-corrected chi connectivity index (χ4v) is 2.94. The van der Waals surface area contributed by atoms with Gasteiger partial charge in [-0.2, -0.15) is 8.42 Å². The molecule has 0 aliphatic carbocycles. The maximum atomic E-state index is 13.0. The molecular formula is C23H21N3O8S. The highest BCUT2D eigenvalue weighted by atomic mass is 32.2. The Bertz CT molecular complexity index is 1390. The third kappa shape index (κ3) is 7.77. The van der Waals surface area contributed by atoms with E-state index in [1.807, 2.05) is 0 Å². The number of carboxylic acid groups (broad SMARTS) is 2. The molecule has 0 saturated heterocycles. The number of amides is 1. The highest BCUT2D eigenvalue weighted by Gasteiger charge is 2.20. The van der Waals surface area contributed by atoms with Crippen molar-refractivity contribution >= 4 is 39.5 Å². The number of rotatable bonds is 6. The fraction of sp³-hybridized carbons (Fsp3) is 0.0435. The Morgan fingerprint density at radius 3 is 1.86 bits per heavy atom. The van der Waals surface area contributed by atoms with Gasteiger partial charge >= 0.3 is 11.9 Å². The van der Waals surface area contributed by atoms with Crippen molar-refractivity contribution in [2.45, 2.75) is 0 Å². The normalized spacial score (nSPS) is 10.5. The smallest absolute Gasteiger partial charge is 0.336 e. The number of anilines is 1. The van der Waals surface area contributed by atoms with Crippen LogP contribution in [-0.2, 0) is 10.1 Å². The molecule has 12 heteroatoms. The van der Waals surface area contributed by atoms with E-state index in [-0.39, 0.29) is 28.1 Å². The minimum atomic E-state index is -3.67. The van der Waals surface area contributed by atoms with Gasteiger partial charge in [0.1, 0.15) is 5.84 Å². The number of carbonyl (C=O) groups excluding carboxylic acids is 1. The first-order valence-electron chi connectivity index (χ1n) is 9.66. The number of benzene rings is 3. The average Bonchev–Trinajstić information content (AvgIpc) is 2.77. The summed E-state index contributed by atoms with van der Waals surface area (Å²) in [6.45, 7) is 0.